The molecule has 22 heavy (non-hydrogen) atoms. The molecule has 4 nitrogen and oxygen atoms in total. The second-order valence-electron chi connectivity index (χ2n) is 7.91. The zero-order chi connectivity index (χ0) is 17.1. The summed E-state index contributed by atoms with van der Waals surface area (Å²) in [5.74, 6) is 0.579. The van der Waals surface area contributed by atoms with E-state index in [0.29, 0.717) is 5.92 Å². The number of carbonyl (C=O) groups excluding carboxylic acids is 1. The Hall–Kier alpha value is -0.770. The first kappa shape index (κ1) is 19.3. The van der Waals surface area contributed by atoms with E-state index in [0.717, 1.165) is 32.5 Å². The van der Waals surface area contributed by atoms with Crippen molar-refractivity contribution in [3.8, 4) is 0 Å². The maximum Gasteiger partial charge on any atom is 0.410 e. The fourth-order valence-corrected chi connectivity index (χ4v) is 3.88. The average Bonchev–Trinajstić information content (AvgIpc) is 2.37. The van der Waals surface area contributed by atoms with Crippen molar-refractivity contribution in [1.82, 2.24) is 9.80 Å². The van der Waals surface area contributed by atoms with Crippen LogP contribution in [0.4, 0.5) is 4.79 Å². The zero-order valence-electron chi connectivity index (χ0n) is 15.9. The highest BCUT2D eigenvalue weighted by Gasteiger charge is 2.45. The van der Waals surface area contributed by atoms with Gasteiger partial charge in [-0.2, -0.15) is 0 Å². The zero-order valence-corrected chi connectivity index (χ0v) is 15.9. The lowest BCUT2D eigenvalue weighted by atomic mass is 9.74. The third-order valence-corrected chi connectivity index (χ3v) is 5.06. The topological polar surface area (TPSA) is 32.8 Å². The van der Waals surface area contributed by atoms with Gasteiger partial charge in [0.25, 0.3) is 0 Å². The van der Waals surface area contributed by atoms with Gasteiger partial charge in [-0.05, 0) is 59.5 Å². The predicted octanol–water partition coefficient (Wildman–Crippen LogP) is 4.14. The van der Waals surface area contributed by atoms with Gasteiger partial charge in [0.2, 0.25) is 0 Å². The number of piperidine rings is 1. The molecule has 0 spiro atoms. The number of ether oxygens (including phenoxy) is 1. The van der Waals surface area contributed by atoms with Crippen LogP contribution in [0.1, 0.15) is 68.2 Å². The molecule has 1 aliphatic heterocycles. The van der Waals surface area contributed by atoms with E-state index < -0.39 is 5.60 Å². The maximum absolute atomic E-state index is 12.4. The fourth-order valence-electron chi connectivity index (χ4n) is 3.88. The smallest absolute Gasteiger partial charge is 0.410 e. The summed E-state index contributed by atoms with van der Waals surface area (Å²) < 4.78 is 5.56. The van der Waals surface area contributed by atoms with Crippen LogP contribution >= 0.6 is 0 Å². The van der Waals surface area contributed by atoms with Gasteiger partial charge in [0.15, 0.2) is 0 Å². The summed E-state index contributed by atoms with van der Waals surface area (Å²) in [6.07, 6.45) is 1.87. The van der Waals surface area contributed by atoms with E-state index in [-0.39, 0.29) is 17.7 Å². The first-order valence-electron chi connectivity index (χ1n) is 8.82. The van der Waals surface area contributed by atoms with Gasteiger partial charge in [0.1, 0.15) is 5.60 Å². The van der Waals surface area contributed by atoms with Gasteiger partial charge in [-0.3, -0.25) is 4.90 Å². The van der Waals surface area contributed by atoms with Crippen LogP contribution < -0.4 is 0 Å². The minimum Gasteiger partial charge on any atom is -0.444 e. The molecule has 1 rings (SSSR count). The number of carbonyl (C=O) groups is 1. The molecule has 0 bridgehead atoms. The highest BCUT2D eigenvalue weighted by molar-refractivity contribution is 5.68. The number of nitrogens with zero attached hydrogens (tertiary/aromatic N) is 2. The highest BCUT2D eigenvalue weighted by atomic mass is 16.6. The van der Waals surface area contributed by atoms with Crippen LogP contribution in [0.15, 0.2) is 0 Å². The molecule has 1 saturated heterocycles. The molecule has 1 fully saturated rings. The van der Waals surface area contributed by atoms with Crippen LogP contribution in [0.3, 0.4) is 0 Å². The lowest BCUT2D eigenvalue weighted by Crippen LogP contribution is -2.61. The third kappa shape index (κ3) is 4.15. The van der Waals surface area contributed by atoms with Crippen molar-refractivity contribution in [2.45, 2.75) is 85.4 Å². The minimum absolute atomic E-state index is 0.170. The maximum atomic E-state index is 12.4. The molecule has 1 aliphatic rings. The van der Waals surface area contributed by atoms with E-state index in [4.69, 9.17) is 4.74 Å². The van der Waals surface area contributed by atoms with Gasteiger partial charge >= 0.3 is 6.09 Å². The summed E-state index contributed by atoms with van der Waals surface area (Å²) in [5, 5.41) is 0. The van der Waals surface area contributed by atoms with Gasteiger partial charge in [-0.1, -0.05) is 27.7 Å². The second-order valence-corrected chi connectivity index (χ2v) is 7.91. The second kappa shape index (κ2) is 7.20. The first-order chi connectivity index (χ1) is 10.1. The van der Waals surface area contributed by atoms with Gasteiger partial charge in [0, 0.05) is 18.1 Å². The average molecular weight is 312 g/mol. The highest BCUT2D eigenvalue weighted by Crippen LogP contribution is 2.38. The van der Waals surface area contributed by atoms with E-state index in [2.05, 4.69) is 39.5 Å². The molecule has 1 amide bonds. The van der Waals surface area contributed by atoms with Gasteiger partial charge in [-0.15, -0.1) is 0 Å². The minimum atomic E-state index is -0.428. The van der Waals surface area contributed by atoms with Crippen LogP contribution in [0.2, 0.25) is 0 Å². The molecule has 1 heterocycles. The number of amides is 1. The Morgan fingerprint density at radius 3 is 2.23 bits per heavy atom. The van der Waals surface area contributed by atoms with Gasteiger partial charge in [-0.25, -0.2) is 4.79 Å². The molecular formula is C18H36N2O2. The quantitative estimate of drug-likeness (QED) is 0.782. The summed E-state index contributed by atoms with van der Waals surface area (Å²) >= 11 is 0. The number of likely N-dealkylation sites (tertiary alicyclic amines) is 1. The molecule has 0 radical (unpaired) electrons. The molecule has 130 valence electrons. The van der Waals surface area contributed by atoms with Gasteiger partial charge < -0.3 is 9.64 Å². The van der Waals surface area contributed by atoms with Crippen LogP contribution in [0.5, 0.6) is 0 Å². The monoisotopic (exact) mass is 312 g/mol. The van der Waals surface area contributed by atoms with Gasteiger partial charge in [0.05, 0.1) is 0 Å². The standard InChI is InChI=1S/C18H36N2O2/c1-9-19(10-2)18(14(3)4)11-12-20(15(5)13-18)16(21)22-17(6,7)8/h14-15H,9-13H2,1-8H3/t15-,18?/m1/s1. The van der Waals surface area contributed by atoms with Crippen molar-refractivity contribution in [3.63, 3.8) is 0 Å². The van der Waals surface area contributed by atoms with Crippen molar-refractivity contribution < 1.29 is 9.53 Å². The Morgan fingerprint density at radius 1 is 1.32 bits per heavy atom. The third-order valence-electron chi connectivity index (χ3n) is 5.06. The van der Waals surface area contributed by atoms with Crippen LogP contribution in [-0.4, -0.2) is 52.7 Å². The number of rotatable bonds is 4. The SMILES string of the molecule is CCN(CC)C1(C(C)C)CCN(C(=O)OC(C)(C)C)[C@H](C)C1. The number of hydrogen-bond donors (Lipinski definition) is 0. The summed E-state index contributed by atoms with van der Waals surface area (Å²) in [7, 11) is 0. The lowest BCUT2D eigenvalue weighted by Gasteiger charge is -2.53. The van der Waals surface area contributed by atoms with E-state index in [1.54, 1.807) is 0 Å². The van der Waals surface area contributed by atoms with Crippen LogP contribution in [0.25, 0.3) is 0 Å². The Balaban J connectivity index is 2.88. The van der Waals surface area contributed by atoms with Crippen molar-refractivity contribution in [3.05, 3.63) is 0 Å². The molecule has 1 unspecified atom stereocenters. The van der Waals surface area contributed by atoms with E-state index in [1.165, 1.54) is 0 Å². The molecule has 0 aromatic carbocycles. The van der Waals surface area contributed by atoms with Crippen molar-refractivity contribution in [2.75, 3.05) is 19.6 Å². The Labute approximate surface area is 137 Å². The Bertz CT molecular complexity index is 372. The van der Waals surface area contributed by atoms with Crippen molar-refractivity contribution in [1.29, 1.82) is 0 Å². The van der Waals surface area contributed by atoms with Crippen LogP contribution in [0, 0.1) is 5.92 Å². The Morgan fingerprint density at radius 2 is 1.86 bits per heavy atom. The summed E-state index contributed by atoms with van der Waals surface area (Å²) in [6, 6.07) is 0.214. The lowest BCUT2D eigenvalue weighted by molar-refractivity contribution is -0.0406. The molecule has 0 aromatic rings. The molecular weight excluding hydrogens is 276 g/mol. The summed E-state index contributed by atoms with van der Waals surface area (Å²) in [6.45, 7) is 19.9. The van der Waals surface area contributed by atoms with Crippen molar-refractivity contribution in [2.24, 2.45) is 5.92 Å². The molecule has 0 N–H and O–H groups in total. The molecule has 0 aromatic heterocycles. The van der Waals surface area contributed by atoms with E-state index >= 15 is 0 Å². The largest absolute Gasteiger partial charge is 0.444 e. The predicted molar refractivity (Wildman–Crippen MR) is 92.1 cm³/mol. The van der Waals surface area contributed by atoms with E-state index in [1.807, 2.05) is 25.7 Å². The summed E-state index contributed by atoms with van der Waals surface area (Å²) in [4.78, 5) is 16.9. The van der Waals surface area contributed by atoms with E-state index in [9.17, 15) is 4.79 Å². The molecule has 0 aliphatic carbocycles. The normalized spacial score (nSPS) is 26.6. The number of hydrogen-bond acceptors (Lipinski definition) is 3. The first-order valence-corrected chi connectivity index (χ1v) is 8.82. The Kier molecular flexibility index (Phi) is 6.31. The summed E-state index contributed by atoms with van der Waals surface area (Å²) in [5.41, 5.74) is -0.232. The van der Waals surface area contributed by atoms with Crippen molar-refractivity contribution >= 4 is 6.09 Å². The van der Waals surface area contributed by atoms with Crippen LogP contribution in [-0.2, 0) is 4.74 Å². The molecule has 2 atom stereocenters. The fraction of sp³-hybridized carbons (Fsp3) is 0.944. The molecule has 4 heteroatoms. The molecule has 0 saturated carbocycles.